The Morgan fingerprint density at radius 3 is 2.75 bits per heavy atom. The number of benzene rings is 1. The molecule has 7 nitrogen and oxygen atoms in total. The van der Waals surface area contributed by atoms with Gasteiger partial charge in [-0.3, -0.25) is 4.79 Å². The summed E-state index contributed by atoms with van der Waals surface area (Å²) in [6.45, 7) is 0.595. The number of para-hydroxylation sites is 1. The van der Waals surface area contributed by atoms with Gasteiger partial charge >= 0.3 is 0 Å². The molecule has 1 fully saturated rings. The van der Waals surface area contributed by atoms with Crippen molar-refractivity contribution in [3.63, 3.8) is 0 Å². The molecule has 1 aromatic carbocycles. The monoisotopic (exact) mass is 352 g/mol. The van der Waals surface area contributed by atoms with Crippen LogP contribution < -0.4 is 5.32 Å². The molecule has 1 saturated heterocycles. The number of sulfonamides is 1. The molecule has 0 aliphatic carbocycles. The van der Waals surface area contributed by atoms with E-state index in [2.05, 4.69) is 5.32 Å². The van der Waals surface area contributed by atoms with E-state index < -0.39 is 10.0 Å². The van der Waals surface area contributed by atoms with Crippen molar-refractivity contribution in [1.82, 2.24) is 9.62 Å². The van der Waals surface area contributed by atoms with E-state index in [1.807, 2.05) is 18.2 Å². The highest BCUT2D eigenvalue weighted by molar-refractivity contribution is 7.89. The highest BCUT2D eigenvalue weighted by atomic mass is 32.2. The van der Waals surface area contributed by atoms with Crippen LogP contribution in [0, 0.1) is 5.92 Å². The molecule has 2 aromatic rings. The fraction of sp³-hybridized carbons (Fsp3) is 0.438. The van der Waals surface area contributed by atoms with Crippen molar-refractivity contribution in [1.29, 1.82) is 0 Å². The summed E-state index contributed by atoms with van der Waals surface area (Å²) in [5, 5.41) is 3.67. The molecule has 130 valence electrons. The average Bonchev–Trinajstić information content (AvgIpc) is 3.13. The first-order valence-corrected chi connectivity index (χ1v) is 9.25. The van der Waals surface area contributed by atoms with E-state index in [1.54, 1.807) is 12.1 Å². The molecule has 0 unspecified atom stereocenters. The second kappa shape index (κ2) is 6.54. The van der Waals surface area contributed by atoms with Gasteiger partial charge < -0.3 is 14.5 Å². The number of carbonyl (C=O) groups is 1. The van der Waals surface area contributed by atoms with Crippen molar-refractivity contribution in [2.24, 2.45) is 5.92 Å². The maximum absolute atomic E-state index is 12.4. The molecule has 3 rings (SSSR count). The largest absolute Gasteiger partial charge is 0.451 e. The van der Waals surface area contributed by atoms with Gasteiger partial charge in [0.2, 0.25) is 10.0 Å². The zero-order valence-corrected chi connectivity index (χ0v) is 14.4. The number of hydrogen-bond donors (Lipinski definition) is 1. The Morgan fingerprint density at radius 1 is 1.29 bits per heavy atom. The predicted octanol–water partition coefficient (Wildman–Crippen LogP) is 1.07. The summed E-state index contributed by atoms with van der Waals surface area (Å²) in [6, 6.07) is 8.66. The average molecular weight is 352 g/mol. The molecule has 8 heteroatoms. The minimum Gasteiger partial charge on any atom is -0.451 e. The number of fused-ring (bicyclic) bond motifs is 1. The molecule has 1 aliphatic rings. The van der Waals surface area contributed by atoms with Crippen molar-refractivity contribution >= 4 is 26.9 Å². The molecule has 1 aliphatic heterocycles. The lowest BCUT2D eigenvalue weighted by Crippen LogP contribution is -2.43. The Labute approximate surface area is 140 Å². The van der Waals surface area contributed by atoms with E-state index in [9.17, 15) is 13.2 Å². The van der Waals surface area contributed by atoms with E-state index in [4.69, 9.17) is 9.15 Å². The van der Waals surface area contributed by atoms with Gasteiger partial charge in [-0.1, -0.05) is 18.2 Å². The van der Waals surface area contributed by atoms with E-state index in [1.165, 1.54) is 18.4 Å². The van der Waals surface area contributed by atoms with Crippen LogP contribution in [-0.2, 0) is 14.8 Å². The van der Waals surface area contributed by atoms with Crippen molar-refractivity contribution < 1.29 is 22.4 Å². The number of furan rings is 1. The van der Waals surface area contributed by atoms with Gasteiger partial charge in [0.15, 0.2) is 5.76 Å². The van der Waals surface area contributed by atoms with Crippen LogP contribution in [0.15, 0.2) is 34.7 Å². The molecule has 2 atom stereocenters. The van der Waals surface area contributed by atoms with E-state index in [0.717, 1.165) is 5.39 Å². The molecular weight excluding hydrogens is 332 g/mol. The molecular formula is C16H20N2O5S. The summed E-state index contributed by atoms with van der Waals surface area (Å²) in [6.07, 6.45) is 0. The SMILES string of the molecule is CN(C)S(=O)(=O)C[C@@H]1COC[C@@H]1NC(=O)c1cc2ccccc2o1. The summed E-state index contributed by atoms with van der Waals surface area (Å²) in [4.78, 5) is 12.4. The Hall–Kier alpha value is -1.90. The number of hydrogen-bond acceptors (Lipinski definition) is 5. The topological polar surface area (TPSA) is 88.9 Å². The standard InChI is InChI=1S/C16H20N2O5S/c1-18(2)24(20,21)10-12-8-22-9-13(12)17-16(19)15-7-11-5-3-4-6-14(11)23-15/h3-7,12-13H,8-10H2,1-2H3,(H,17,19)/t12-,13-/m0/s1. The summed E-state index contributed by atoms with van der Waals surface area (Å²) >= 11 is 0. The molecule has 24 heavy (non-hydrogen) atoms. The Kier molecular flexibility index (Phi) is 4.62. The fourth-order valence-electron chi connectivity index (χ4n) is 2.68. The van der Waals surface area contributed by atoms with Gasteiger partial charge in [-0.05, 0) is 12.1 Å². The first-order valence-electron chi connectivity index (χ1n) is 7.64. The van der Waals surface area contributed by atoms with Crippen LogP contribution in [0.25, 0.3) is 11.0 Å². The van der Waals surface area contributed by atoms with Crippen LogP contribution in [0.5, 0.6) is 0 Å². The van der Waals surface area contributed by atoms with E-state index in [-0.39, 0.29) is 29.4 Å². The second-order valence-electron chi connectivity index (χ2n) is 6.09. The lowest BCUT2D eigenvalue weighted by atomic mass is 10.1. The molecule has 0 bridgehead atoms. The van der Waals surface area contributed by atoms with E-state index >= 15 is 0 Å². The number of nitrogens with zero attached hydrogens (tertiary/aromatic N) is 1. The third-order valence-electron chi connectivity index (χ3n) is 4.15. The zero-order chi connectivity index (χ0) is 17.3. The maximum atomic E-state index is 12.4. The minimum atomic E-state index is -3.36. The van der Waals surface area contributed by atoms with Crippen LogP contribution in [-0.4, -0.2) is 57.7 Å². The van der Waals surface area contributed by atoms with Crippen molar-refractivity contribution in [3.05, 3.63) is 36.1 Å². The predicted molar refractivity (Wildman–Crippen MR) is 89.3 cm³/mol. The Bertz CT molecular complexity index is 810. The lowest BCUT2D eigenvalue weighted by Gasteiger charge is -2.20. The number of ether oxygens (including phenoxy) is 1. The molecule has 0 spiro atoms. The van der Waals surface area contributed by atoms with Crippen LogP contribution >= 0.6 is 0 Å². The van der Waals surface area contributed by atoms with Crippen LogP contribution in [0.2, 0.25) is 0 Å². The summed E-state index contributed by atoms with van der Waals surface area (Å²) in [5.74, 6) is -0.512. The summed E-state index contributed by atoms with van der Waals surface area (Å²) < 4.78 is 36.2. The van der Waals surface area contributed by atoms with Gasteiger partial charge in [0.25, 0.3) is 5.91 Å². The summed E-state index contributed by atoms with van der Waals surface area (Å²) in [5.41, 5.74) is 0.636. The Morgan fingerprint density at radius 2 is 2.04 bits per heavy atom. The molecule has 0 saturated carbocycles. The highest BCUT2D eigenvalue weighted by Crippen LogP contribution is 2.21. The summed E-state index contributed by atoms with van der Waals surface area (Å²) in [7, 11) is -0.371. The van der Waals surface area contributed by atoms with Gasteiger partial charge in [0.05, 0.1) is 25.0 Å². The molecule has 0 radical (unpaired) electrons. The first kappa shape index (κ1) is 16.9. The maximum Gasteiger partial charge on any atom is 0.287 e. The number of amides is 1. The smallest absolute Gasteiger partial charge is 0.287 e. The van der Waals surface area contributed by atoms with Crippen LogP contribution in [0.3, 0.4) is 0 Å². The fourth-order valence-corrected chi connectivity index (χ4v) is 3.84. The van der Waals surface area contributed by atoms with Gasteiger partial charge in [0.1, 0.15) is 5.58 Å². The molecule has 2 heterocycles. The van der Waals surface area contributed by atoms with Crippen LogP contribution in [0.4, 0.5) is 0 Å². The van der Waals surface area contributed by atoms with Gasteiger partial charge in [0, 0.05) is 25.4 Å². The molecule has 1 N–H and O–H groups in total. The van der Waals surface area contributed by atoms with Crippen LogP contribution in [0.1, 0.15) is 10.6 Å². The minimum absolute atomic E-state index is 0.0644. The zero-order valence-electron chi connectivity index (χ0n) is 13.6. The number of carbonyl (C=O) groups excluding carboxylic acids is 1. The number of rotatable bonds is 5. The van der Waals surface area contributed by atoms with E-state index in [0.29, 0.717) is 18.8 Å². The van der Waals surface area contributed by atoms with Crippen molar-refractivity contribution in [3.8, 4) is 0 Å². The van der Waals surface area contributed by atoms with Gasteiger partial charge in [-0.15, -0.1) is 0 Å². The Balaban J connectivity index is 1.71. The quantitative estimate of drug-likeness (QED) is 0.869. The third kappa shape index (κ3) is 3.45. The first-order chi connectivity index (χ1) is 11.4. The lowest BCUT2D eigenvalue weighted by molar-refractivity contribution is 0.0900. The van der Waals surface area contributed by atoms with Gasteiger partial charge in [-0.25, -0.2) is 12.7 Å². The van der Waals surface area contributed by atoms with Crippen molar-refractivity contribution in [2.45, 2.75) is 6.04 Å². The third-order valence-corrected chi connectivity index (χ3v) is 6.11. The molecule has 1 amide bonds. The molecule has 1 aromatic heterocycles. The van der Waals surface area contributed by atoms with Gasteiger partial charge in [-0.2, -0.15) is 0 Å². The normalized spacial score (nSPS) is 21.5. The highest BCUT2D eigenvalue weighted by Gasteiger charge is 2.34. The van der Waals surface area contributed by atoms with Crippen molar-refractivity contribution in [2.75, 3.05) is 33.1 Å². The number of nitrogens with one attached hydrogen (secondary N) is 1. The second-order valence-corrected chi connectivity index (χ2v) is 8.31.